The molecule has 1 aliphatic rings. The normalized spacial score (nSPS) is 28.3. The summed E-state index contributed by atoms with van der Waals surface area (Å²) >= 11 is 3.64. The highest BCUT2D eigenvalue weighted by atomic mass is 79.9. The van der Waals surface area contributed by atoms with Crippen LogP contribution >= 0.6 is 15.9 Å². The van der Waals surface area contributed by atoms with E-state index in [4.69, 9.17) is 0 Å². The van der Waals surface area contributed by atoms with Crippen LogP contribution in [0.2, 0.25) is 0 Å². The van der Waals surface area contributed by atoms with Crippen LogP contribution in [0.1, 0.15) is 48.5 Å². The van der Waals surface area contributed by atoms with Crippen molar-refractivity contribution in [2.24, 2.45) is 16.2 Å². The number of halogens is 1. The summed E-state index contributed by atoms with van der Waals surface area (Å²) in [6.45, 7) is 16.6. The first-order chi connectivity index (χ1) is 6.10. The summed E-state index contributed by atoms with van der Waals surface area (Å²) in [7, 11) is 0. The molecule has 0 aromatic heterocycles. The lowest BCUT2D eigenvalue weighted by molar-refractivity contribution is 0.0621. The van der Waals surface area contributed by atoms with Crippen LogP contribution in [0.3, 0.4) is 0 Å². The third-order valence-electron chi connectivity index (χ3n) is 5.40. The molecular weight excluding hydrogens is 236 g/mol. The van der Waals surface area contributed by atoms with Gasteiger partial charge in [0.05, 0.1) is 0 Å². The second-order valence-electron chi connectivity index (χ2n) is 6.11. The maximum atomic E-state index is 3.64. The van der Waals surface area contributed by atoms with E-state index in [1.54, 1.807) is 11.1 Å². The van der Waals surface area contributed by atoms with E-state index in [0.717, 1.165) is 5.33 Å². The van der Waals surface area contributed by atoms with Crippen molar-refractivity contribution in [3.05, 3.63) is 11.1 Å². The Hall–Kier alpha value is 0.220. The van der Waals surface area contributed by atoms with Gasteiger partial charge >= 0.3 is 0 Å². The highest BCUT2D eigenvalue weighted by Gasteiger charge is 2.56. The van der Waals surface area contributed by atoms with Gasteiger partial charge in [-0.2, -0.15) is 0 Å². The van der Waals surface area contributed by atoms with Crippen LogP contribution in [0.5, 0.6) is 0 Å². The topological polar surface area (TPSA) is 0 Å². The van der Waals surface area contributed by atoms with E-state index in [-0.39, 0.29) is 0 Å². The van der Waals surface area contributed by atoms with E-state index in [1.165, 1.54) is 0 Å². The Morgan fingerprint density at radius 2 is 1.36 bits per heavy atom. The average Bonchev–Trinajstić information content (AvgIpc) is 2.10. The van der Waals surface area contributed by atoms with Crippen LogP contribution in [0.25, 0.3) is 0 Å². The fourth-order valence-corrected chi connectivity index (χ4v) is 3.86. The number of hydrogen-bond acceptors (Lipinski definition) is 0. The monoisotopic (exact) mass is 258 g/mol. The molecule has 0 unspecified atom stereocenters. The molecule has 0 amide bonds. The van der Waals surface area contributed by atoms with Gasteiger partial charge < -0.3 is 0 Å². The van der Waals surface area contributed by atoms with Crippen LogP contribution in [-0.4, -0.2) is 5.33 Å². The van der Waals surface area contributed by atoms with Gasteiger partial charge in [-0.3, -0.25) is 0 Å². The average molecular weight is 259 g/mol. The molecule has 0 aromatic rings. The first-order valence-corrected chi connectivity index (χ1v) is 6.49. The molecule has 0 fully saturated rings. The molecule has 0 radical (unpaired) electrons. The molecule has 0 atom stereocenters. The summed E-state index contributed by atoms with van der Waals surface area (Å²) in [4.78, 5) is 0. The molecule has 14 heavy (non-hydrogen) atoms. The fourth-order valence-electron chi connectivity index (χ4n) is 2.74. The van der Waals surface area contributed by atoms with Gasteiger partial charge in [-0.05, 0) is 23.2 Å². The number of allylic oxidation sites excluding steroid dienone is 2. The quantitative estimate of drug-likeness (QED) is 0.469. The van der Waals surface area contributed by atoms with Crippen molar-refractivity contribution in [3.8, 4) is 0 Å². The Labute approximate surface area is 97.3 Å². The van der Waals surface area contributed by atoms with Crippen LogP contribution in [0, 0.1) is 16.2 Å². The van der Waals surface area contributed by atoms with Gasteiger partial charge in [0.1, 0.15) is 0 Å². The molecule has 0 heterocycles. The van der Waals surface area contributed by atoms with Crippen LogP contribution in [0.4, 0.5) is 0 Å². The predicted molar refractivity (Wildman–Crippen MR) is 67.8 cm³/mol. The Morgan fingerprint density at radius 3 is 1.50 bits per heavy atom. The molecule has 0 aromatic carbocycles. The molecule has 0 aliphatic heterocycles. The van der Waals surface area contributed by atoms with Gasteiger partial charge in [-0.25, -0.2) is 0 Å². The lowest BCUT2D eigenvalue weighted by atomic mass is 9.58. The Bertz CT molecular complexity index is 280. The van der Waals surface area contributed by atoms with E-state index < -0.39 is 0 Å². The van der Waals surface area contributed by atoms with Crippen LogP contribution in [-0.2, 0) is 0 Å². The molecule has 1 rings (SSSR count). The Balaban J connectivity index is 3.39. The maximum absolute atomic E-state index is 3.64. The molecule has 0 saturated carbocycles. The van der Waals surface area contributed by atoms with Gasteiger partial charge in [-0.1, -0.05) is 68.6 Å². The van der Waals surface area contributed by atoms with Crippen LogP contribution < -0.4 is 0 Å². The van der Waals surface area contributed by atoms with E-state index in [9.17, 15) is 0 Å². The first-order valence-electron chi connectivity index (χ1n) is 5.37. The summed E-state index contributed by atoms with van der Waals surface area (Å²) in [5, 5.41) is 1.01. The molecule has 1 heteroatoms. The van der Waals surface area contributed by atoms with Crippen molar-refractivity contribution in [2.75, 3.05) is 5.33 Å². The van der Waals surface area contributed by atoms with Gasteiger partial charge in [0.2, 0.25) is 0 Å². The van der Waals surface area contributed by atoms with E-state index >= 15 is 0 Å². The fraction of sp³-hybridized carbons (Fsp3) is 0.846. The summed E-state index contributed by atoms with van der Waals surface area (Å²) in [5.74, 6) is 0. The molecule has 0 nitrogen and oxygen atoms in total. The molecule has 82 valence electrons. The molecule has 0 bridgehead atoms. The van der Waals surface area contributed by atoms with Gasteiger partial charge in [0.25, 0.3) is 0 Å². The van der Waals surface area contributed by atoms with Crippen molar-refractivity contribution in [3.63, 3.8) is 0 Å². The smallest absolute Gasteiger partial charge is 0.0250 e. The van der Waals surface area contributed by atoms with Crippen molar-refractivity contribution >= 4 is 15.9 Å². The van der Waals surface area contributed by atoms with Gasteiger partial charge in [0.15, 0.2) is 0 Å². The predicted octanol–water partition coefficient (Wildman–Crippen LogP) is 4.79. The highest BCUT2D eigenvalue weighted by molar-refractivity contribution is 9.09. The Morgan fingerprint density at radius 1 is 0.929 bits per heavy atom. The molecule has 0 spiro atoms. The first kappa shape index (κ1) is 12.3. The van der Waals surface area contributed by atoms with Crippen LogP contribution in [0.15, 0.2) is 11.1 Å². The zero-order valence-electron chi connectivity index (χ0n) is 10.6. The van der Waals surface area contributed by atoms with Crippen molar-refractivity contribution in [1.82, 2.24) is 0 Å². The van der Waals surface area contributed by atoms with Gasteiger partial charge in [0, 0.05) is 5.33 Å². The summed E-state index contributed by atoms with van der Waals surface area (Å²) < 4.78 is 0. The number of rotatable bonds is 1. The largest absolute Gasteiger partial charge is 0.0880 e. The lowest BCUT2D eigenvalue weighted by Crippen LogP contribution is -2.39. The molecule has 0 N–H and O–H groups in total. The van der Waals surface area contributed by atoms with E-state index in [2.05, 4.69) is 64.4 Å². The molecule has 1 aliphatic carbocycles. The third-order valence-corrected chi connectivity index (χ3v) is 5.96. The van der Waals surface area contributed by atoms with Crippen molar-refractivity contribution in [1.29, 1.82) is 0 Å². The lowest BCUT2D eigenvalue weighted by Gasteiger charge is -2.46. The minimum absolute atomic E-state index is 0.296. The maximum Gasteiger partial charge on any atom is 0.0250 e. The summed E-state index contributed by atoms with van der Waals surface area (Å²) in [5.41, 5.74) is 4.09. The SMILES string of the molecule is CC1=C(CBr)C(C)(C)C(C)(C)C1(C)C. The standard InChI is InChI=1S/C13H23Br/c1-9-10(8-14)12(4,5)13(6,7)11(9,2)3/h8H2,1-7H3. The molecule has 0 saturated heterocycles. The minimum Gasteiger partial charge on any atom is -0.0880 e. The highest BCUT2D eigenvalue weighted by Crippen LogP contribution is 2.64. The number of alkyl halides is 1. The molecular formula is C13H23Br. The third kappa shape index (κ3) is 1.17. The van der Waals surface area contributed by atoms with Crippen molar-refractivity contribution in [2.45, 2.75) is 48.5 Å². The number of hydrogen-bond donors (Lipinski definition) is 0. The minimum atomic E-state index is 0.296. The van der Waals surface area contributed by atoms with Crippen molar-refractivity contribution < 1.29 is 0 Å². The van der Waals surface area contributed by atoms with E-state index in [0.29, 0.717) is 16.2 Å². The second kappa shape index (κ2) is 3.10. The zero-order valence-corrected chi connectivity index (χ0v) is 12.2. The van der Waals surface area contributed by atoms with Gasteiger partial charge in [-0.15, -0.1) is 0 Å². The zero-order chi connectivity index (χ0) is 11.4. The summed E-state index contributed by atoms with van der Waals surface area (Å²) in [6, 6.07) is 0. The second-order valence-corrected chi connectivity index (χ2v) is 6.67. The van der Waals surface area contributed by atoms with E-state index in [1.807, 2.05) is 0 Å². The summed E-state index contributed by atoms with van der Waals surface area (Å²) in [6.07, 6.45) is 0. The Kier molecular flexibility index (Phi) is 2.72.